The predicted molar refractivity (Wildman–Crippen MR) is 365 cm³/mol. The Balaban J connectivity index is 0.000000881. The molecule has 3 atom stereocenters. The Morgan fingerprint density at radius 3 is 1.09 bits per heavy atom. The Morgan fingerprint density at radius 1 is 0.405 bits per heavy atom. The summed E-state index contributed by atoms with van der Waals surface area (Å²) in [6, 6.07) is 0. The van der Waals surface area contributed by atoms with Crippen LogP contribution in [0.2, 0.25) is 0 Å². The summed E-state index contributed by atoms with van der Waals surface area (Å²) in [5.74, 6) is 15.4. The van der Waals surface area contributed by atoms with Crippen molar-refractivity contribution in [1.82, 2.24) is 0 Å². The molecule has 7 rings (SSSR count). The summed E-state index contributed by atoms with van der Waals surface area (Å²) < 4.78 is 0. The molecule has 0 aromatic carbocycles. The molecule has 0 aliphatic heterocycles. The van der Waals surface area contributed by atoms with Gasteiger partial charge >= 0.3 is 0 Å². The largest absolute Gasteiger partial charge is 0.0628 e. The molecule has 7 fully saturated rings. The summed E-state index contributed by atoms with van der Waals surface area (Å²) in [7, 11) is 0. The van der Waals surface area contributed by atoms with Gasteiger partial charge in [0.15, 0.2) is 0 Å². The third-order valence-corrected chi connectivity index (χ3v) is 22.1. The van der Waals surface area contributed by atoms with E-state index in [9.17, 15) is 0 Å². The first-order valence-corrected chi connectivity index (χ1v) is 36.4. The lowest BCUT2D eigenvalue weighted by Crippen LogP contribution is -2.30. The van der Waals surface area contributed by atoms with Gasteiger partial charge < -0.3 is 0 Å². The zero-order valence-corrected chi connectivity index (χ0v) is 61.0. The van der Waals surface area contributed by atoms with Crippen LogP contribution in [-0.2, 0) is 0 Å². The third-order valence-electron chi connectivity index (χ3n) is 22.1. The second-order valence-electron chi connectivity index (χ2n) is 35.9. The van der Waals surface area contributed by atoms with E-state index in [2.05, 4.69) is 194 Å². The lowest BCUT2D eigenvalue weighted by atomic mass is 9.64. The summed E-state index contributed by atoms with van der Waals surface area (Å²) in [5.41, 5.74) is 3.16. The third kappa shape index (κ3) is 38.6. The summed E-state index contributed by atoms with van der Waals surface area (Å²) in [5, 5.41) is 0. The quantitative estimate of drug-likeness (QED) is 0.153. The van der Waals surface area contributed by atoms with E-state index in [-0.39, 0.29) is 0 Å². The highest BCUT2D eigenvalue weighted by atomic mass is 14.5. The molecule has 3 unspecified atom stereocenters. The highest BCUT2D eigenvalue weighted by Crippen LogP contribution is 2.54. The molecule has 0 bridgehead atoms. The molecule has 7 saturated carbocycles. The first-order valence-electron chi connectivity index (χ1n) is 36.4. The number of hydrogen-bond donors (Lipinski definition) is 0. The standard InChI is InChI=1S/C11H22.5C10H20.C9H18.C9H20/c1-9(2)8-11(3,4)10-6-5-7-10;1-8(2)7-10(3,4)9-5-6-9;1-8(2)5-6-9-7-10(9,3)4;1-8(2)10-6-4-9(3)5-7-10;1-9(2)10(3)7-5-4-6-8-10;1-8(2)10-7-5-4-6-9(10)3;1-8(2)9-6-4-3-5-7-9;1-8(2)6-7-9(3,4)5/h9-10H,5-8H2,1-4H3;2*8-9H,5-7H2,1-4H3;8-10H,4-7H2,1-3H3;9H,4-8H2,1-3H3;8-10H,4-7H2,1-3H3;8-9H,3-7H2,1-2H3;8H,6-7H2,1-5H3. The Morgan fingerprint density at radius 2 is 0.810 bits per heavy atom. The Labute approximate surface area is 505 Å². The molecular weight excluding hydrogens is 949 g/mol. The minimum Gasteiger partial charge on any atom is -0.0628 e. The van der Waals surface area contributed by atoms with Gasteiger partial charge in [0.25, 0.3) is 0 Å². The SMILES string of the molecule is CC(C)C1(C)CCCCC1.CC(C)C1CCCCC1.CC(C)C1CCCCC1C.CC(C)CC(C)(C)C1CC1.CC(C)CC(C)(C)C1CCC1.CC(C)CCC(C)(C)C.CC(C)CCC1CC1(C)C.CC1CCC(C(C)C)CC1. The molecule has 0 aromatic rings. The minimum absolute atomic E-state index is 0.532. The van der Waals surface area contributed by atoms with Gasteiger partial charge in [0, 0.05) is 0 Å². The maximum absolute atomic E-state index is 2.46. The average Bonchev–Trinajstić information content (AvgIpc) is 4.25. The van der Waals surface area contributed by atoms with Crippen LogP contribution in [0.5, 0.6) is 0 Å². The van der Waals surface area contributed by atoms with Gasteiger partial charge in [-0.1, -0.05) is 297 Å². The van der Waals surface area contributed by atoms with Crippen LogP contribution in [0, 0.1) is 122 Å². The Hall–Kier alpha value is 0. The van der Waals surface area contributed by atoms with E-state index < -0.39 is 0 Å². The molecule has 79 heavy (non-hydrogen) atoms. The van der Waals surface area contributed by atoms with Gasteiger partial charge in [0.05, 0.1) is 0 Å². The summed E-state index contributed by atoms with van der Waals surface area (Å²) in [6.45, 7) is 66.1. The maximum atomic E-state index is 2.46. The Bertz CT molecular complexity index is 1390. The fourth-order valence-corrected chi connectivity index (χ4v) is 14.8. The molecule has 0 spiro atoms. The molecule has 0 saturated heterocycles. The number of hydrogen-bond acceptors (Lipinski definition) is 0. The van der Waals surface area contributed by atoms with Crippen molar-refractivity contribution < 1.29 is 0 Å². The molecule has 7 aliphatic carbocycles. The van der Waals surface area contributed by atoms with Crippen LogP contribution in [-0.4, -0.2) is 0 Å². The minimum atomic E-state index is 0.532. The molecule has 7 aliphatic rings. The van der Waals surface area contributed by atoms with Crippen molar-refractivity contribution in [2.75, 3.05) is 0 Å². The lowest BCUT2D eigenvalue weighted by molar-refractivity contribution is 0.0964. The van der Waals surface area contributed by atoms with Gasteiger partial charge in [-0.2, -0.15) is 0 Å². The lowest BCUT2D eigenvalue weighted by Gasteiger charge is -2.41. The van der Waals surface area contributed by atoms with Crippen molar-refractivity contribution in [2.45, 2.75) is 386 Å². The number of rotatable bonds is 15. The molecule has 476 valence electrons. The van der Waals surface area contributed by atoms with E-state index in [1.54, 1.807) is 0 Å². The van der Waals surface area contributed by atoms with Crippen molar-refractivity contribution in [1.29, 1.82) is 0 Å². The fraction of sp³-hybridized carbons (Fsp3) is 1.00. The van der Waals surface area contributed by atoms with Crippen molar-refractivity contribution in [3.63, 3.8) is 0 Å². The molecule has 0 nitrogen and oxygen atoms in total. The van der Waals surface area contributed by atoms with E-state index >= 15 is 0 Å². The highest BCUT2D eigenvalue weighted by molar-refractivity contribution is 4.94. The first-order chi connectivity index (χ1) is 36.4. The first kappa shape index (κ1) is 79.0. The van der Waals surface area contributed by atoms with E-state index in [1.807, 2.05) is 0 Å². The van der Waals surface area contributed by atoms with Crippen molar-refractivity contribution >= 4 is 0 Å². The van der Waals surface area contributed by atoms with Gasteiger partial charge in [-0.15, -0.1) is 0 Å². The molecule has 0 radical (unpaired) electrons. The molecular formula is C79H160. The predicted octanol–water partition coefficient (Wildman–Crippen LogP) is 28.0. The Kier molecular flexibility index (Phi) is 39.6. The summed E-state index contributed by atoms with van der Waals surface area (Å²) in [6.07, 6.45) is 43.9. The van der Waals surface area contributed by atoms with Crippen LogP contribution in [0.25, 0.3) is 0 Å². The summed E-state index contributed by atoms with van der Waals surface area (Å²) in [4.78, 5) is 0. The topological polar surface area (TPSA) is 0 Å². The molecule has 0 heterocycles. The van der Waals surface area contributed by atoms with Crippen LogP contribution < -0.4 is 0 Å². The maximum Gasteiger partial charge on any atom is -0.0303 e. The van der Waals surface area contributed by atoms with Crippen LogP contribution >= 0.6 is 0 Å². The van der Waals surface area contributed by atoms with Gasteiger partial charge in [0.2, 0.25) is 0 Å². The van der Waals surface area contributed by atoms with E-state index in [1.165, 1.54) is 193 Å². The second-order valence-corrected chi connectivity index (χ2v) is 35.9. The van der Waals surface area contributed by atoms with Gasteiger partial charge in [-0.05, 0) is 212 Å². The van der Waals surface area contributed by atoms with Crippen LogP contribution in [0.4, 0.5) is 0 Å². The smallest absolute Gasteiger partial charge is 0.0303 e. The van der Waals surface area contributed by atoms with Crippen LogP contribution in [0.3, 0.4) is 0 Å². The highest BCUT2D eigenvalue weighted by Gasteiger charge is 2.44. The van der Waals surface area contributed by atoms with Gasteiger partial charge in [0.1, 0.15) is 0 Å². The molecule has 0 aromatic heterocycles. The zero-order chi connectivity index (χ0) is 61.0. The zero-order valence-electron chi connectivity index (χ0n) is 61.0. The fourth-order valence-electron chi connectivity index (χ4n) is 14.8. The second kappa shape index (κ2) is 39.6. The summed E-state index contributed by atoms with van der Waals surface area (Å²) >= 11 is 0. The monoisotopic (exact) mass is 1110 g/mol. The normalized spacial score (nSPS) is 25.1. The van der Waals surface area contributed by atoms with E-state index in [0.29, 0.717) is 27.1 Å². The van der Waals surface area contributed by atoms with Crippen LogP contribution in [0.1, 0.15) is 386 Å². The van der Waals surface area contributed by atoms with Crippen molar-refractivity contribution in [2.24, 2.45) is 122 Å². The van der Waals surface area contributed by atoms with Crippen molar-refractivity contribution in [3.8, 4) is 0 Å². The van der Waals surface area contributed by atoms with E-state index in [4.69, 9.17) is 0 Å². The van der Waals surface area contributed by atoms with Gasteiger partial charge in [-0.3, -0.25) is 0 Å². The van der Waals surface area contributed by atoms with E-state index in [0.717, 1.165) is 94.7 Å². The molecule has 0 N–H and O–H groups in total. The van der Waals surface area contributed by atoms with Gasteiger partial charge in [-0.25, -0.2) is 0 Å². The van der Waals surface area contributed by atoms with Crippen molar-refractivity contribution in [3.05, 3.63) is 0 Å². The molecule has 0 heteroatoms. The van der Waals surface area contributed by atoms with Crippen LogP contribution in [0.15, 0.2) is 0 Å². The average molecular weight is 1110 g/mol. The molecule has 0 amide bonds.